The van der Waals surface area contributed by atoms with Gasteiger partial charge in [0, 0.05) is 6.42 Å². The van der Waals surface area contributed by atoms with Gasteiger partial charge in [-0.3, -0.25) is 4.79 Å². The van der Waals surface area contributed by atoms with Crippen molar-refractivity contribution in [1.82, 2.24) is 4.72 Å². The zero-order valence-corrected chi connectivity index (χ0v) is 6.81. The van der Waals surface area contributed by atoms with Gasteiger partial charge in [-0.15, -0.1) is 4.72 Å². The maximum Gasteiger partial charge on any atom is 0.256 e. The average molecular weight is 164 g/mol. The Morgan fingerprint density at radius 3 is 2.20 bits per heavy atom. The zero-order valence-electron chi connectivity index (χ0n) is 5.99. The monoisotopic (exact) mass is 164 g/mol. The first kappa shape index (κ1) is 9.42. The third-order valence-electron chi connectivity index (χ3n) is 0.908. The van der Waals surface area contributed by atoms with E-state index in [1.807, 2.05) is 0 Å². The van der Waals surface area contributed by atoms with E-state index in [1.165, 1.54) is 6.92 Å². The zero-order chi connectivity index (χ0) is 8.20. The van der Waals surface area contributed by atoms with Crippen LogP contribution in [0.4, 0.5) is 0 Å². The van der Waals surface area contributed by atoms with Gasteiger partial charge in [0.15, 0.2) is 0 Å². The van der Waals surface area contributed by atoms with Crippen molar-refractivity contribution in [2.45, 2.75) is 20.3 Å². The first-order chi connectivity index (χ1) is 4.52. The summed E-state index contributed by atoms with van der Waals surface area (Å²) in [5, 5.41) is 0. The maximum atomic E-state index is 10.6. The Balaban J connectivity index is 4.03. The van der Waals surface area contributed by atoms with Gasteiger partial charge in [0.1, 0.15) is 0 Å². The van der Waals surface area contributed by atoms with Crippen LogP contribution < -0.4 is 4.72 Å². The molecule has 0 unspecified atom stereocenters. The predicted octanol–water partition coefficient (Wildman–Crippen LogP) is -0.123. The molecule has 0 saturated heterocycles. The van der Waals surface area contributed by atoms with E-state index in [0.717, 1.165) is 0 Å². The van der Waals surface area contributed by atoms with Crippen molar-refractivity contribution >= 4 is 15.9 Å². The Morgan fingerprint density at radius 2 is 1.90 bits per heavy atom. The van der Waals surface area contributed by atoms with Crippen molar-refractivity contribution in [3.05, 3.63) is 0 Å². The molecule has 0 rings (SSSR count). The average Bonchev–Trinajstić information content (AvgIpc) is 1.87. The largest absolute Gasteiger partial charge is 0.272 e. The molecule has 0 spiro atoms. The molecular weight excluding hydrogens is 154 g/mol. The molecule has 0 heterocycles. The number of carbonyl (C=O) groups excluding carboxylic acids is 1. The summed E-state index contributed by atoms with van der Waals surface area (Å²) in [5.74, 6) is -0.694. The van der Waals surface area contributed by atoms with Gasteiger partial charge in [0.25, 0.3) is 15.9 Å². The van der Waals surface area contributed by atoms with E-state index >= 15 is 0 Å². The van der Waals surface area contributed by atoms with Gasteiger partial charge in [0.2, 0.25) is 0 Å². The number of hydrogen-bond donors (Lipinski definition) is 0. The standard InChI is InChI=1S/C5H10NO3S/c1-3-5(7)6-10(8,9)4-2/h3-4H2,1-2H3. The SMILES string of the molecule is CCC(=O)[N]S(=O)(=O)CC. The van der Waals surface area contributed by atoms with E-state index in [4.69, 9.17) is 0 Å². The van der Waals surface area contributed by atoms with Crippen molar-refractivity contribution in [1.29, 1.82) is 0 Å². The van der Waals surface area contributed by atoms with E-state index in [9.17, 15) is 13.2 Å². The molecule has 1 radical (unpaired) electrons. The lowest BCUT2D eigenvalue weighted by molar-refractivity contribution is -0.119. The predicted molar refractivity (Wildman–Crippen MR) is 36.9 cm³/mol. The van der Waals surface area contributed by atoms with Crippen molar-refractivity contribution in [3.63, 3.8) is 0 Å². The number of carbonyl (C=O) groups is 1. The number of hydrogen-bond acceptors (Lipinski definition) is 3. The Bertz CT molecular complexity index is 207. The molecule has 5 heteroatoms. The van der Waals surface area contributed by atoms with E-state index in [2.05, 4.69) is 4.72 Å². The van der Waals surface area contributed by atoms with Gasteiger partial charge in [-0.25, -0.2) is 8.42 Å². The molecular formula is C5H10NO3S. The molecule has 0 N–H and O–H groups in total. The van der Waals surface area contributed by atoms with Crippen LogP contribution in [0.1, 0.15) is 20.3 Å². The van der Waals surface area contributed by atoms with Crippen LogP contribution in [0, 0.1) is 0 Å². The fourth-order valence-electron chi connectivity index (χ4n) is 0.284. The number of sulfonamides is 1. The topological polar surface area (TPSA) is 65.3 Å². The summed E-state index contributed by atoms with van der Waals surface area (Å²) < 4.78 is 24.1. The molecule has 0 aliphatic heterocycles. The van der Waals surface area contributed by atoms with Crippen LogP contribution in [-0.2, 0) is 14.8 Å². The van der Waals surface area contributed by atoms with Crippen LogP contribution >= 0.6 is 0 Å². The number of amides is 1. The lowest BCUT2D eigenvalue weighted by atomic mass is 10.5. The molecule has 10 heavy (non-hydrogen) atoms. The molecule has 0 aromatic heterocycles. The molecule has 0 aromatic rings. The van der Waals surface area contributed by atoms with Crippen molar-refractivity contribution in [2.24, 2.45) is 0 Å². The lowest BCUT2D eigenvalue weighted by Crippen LogP contribution is -2.23. The van der Waals surface area contributed by atoms with Gasteiger partial charge in [-0.05, 0) is 6.92 Å². The summed E-state index contributed by atoms with van der Waals surface area (Å²) in [6.45, 7) is 3.01. The van der Waals surface area contributed by atoms with E-state index in [-0.39, 0.29) is 12.2 Å². The summed E-state index contributed by atoms with van der Waals surface area (Å²) in [4.78, 5) is 10.4. The fourth-order valence-corrected chi connectivity index (χ4v) is 0.853. The summed E-state index contributed by atoms with van der Waals surface area (Å²) in [5.41, 5.74) is 0. The Kier molecular flexibility index (Phi) is 3.35. The Morgan fingerprint density at radius 1 is 1.40 bits per heavy atom. The molecule has 0 atom stereocenters. The molecule has 0 aliphatic rings. The second kappa shape index (κ2) is 3.55. The molecule has 4 nitrogen and oxygen atoms in total. The molecule has 59 valence electrons. The van der Waals surface area contributed by atoms with Gasteiger partial charge < -0.3 is 0 Å². The smallest absolute Gasteiger partial charge is 0.256 e. The first-order valence-corrected chi connectivity index (χ1v) is 4.61. The van der Waals surface area contributed by atoms with Gasteiger partial charge in [-0.1, -0.05) is 6.92 Å². The molecule has 1 amide bonds. The number of nitrogens with zero attached hydrogens (tertiary/aromatic N) is 1. The fraction of sp³-hybridized carbons (Fsp3) is 0.800. The third kappa shape index (κ3) is 3.45. The van der Waals surface area contributed by atoms with E-state index in [1.54, 1.807) is 6.92 Å². The maximum absolute atomic E-state index is 10.6. The summed E-state index contributed by atoms with van der Waals surface area (Å²) in [6, 6.07) is 0. The molecule has 0 saturated carbocycles. The van der Waals surface area contributed by atoms with Crippen LogP contribution in [0.2, 0.25) is 0 Å². The highest BCUT2D eigenvalue weighted by atomic mass is 32.2. The first-order valence-electron chi connectivity index (χ1n) is 3.00. The van der Waals surface area contributed by atoms with Crippen molar-refractivity contribution in [3.8, 4) is 0 Å². The van der Waals surface area contributed by atoms with Gasteiger partial charge in [-0.2, -0.15) is 0 Å². The summed E-state index contributed by atoms with van der Waals surface area (Å²) in [7, 11) is -3.46. The van der Waals surface area contributed by atoms with Gasteiger partial charge >= 0.3 is 0 Å². The van der Waals surface area contributed by atoms with Gasteiger partial charge in [0.05, 0.1) is 5.75 Å². The second-order valence-corrected chi connectivity index (χ2v) is 3.63. The van der Waals surface area contributed by atoms with Crippen LogP contribution in [0.15, 0.2) is 0 Å². The van der Waals surface area contributed by atoms with Crippen LogP contribution in [0.3, 0.4) is 0 Å². The minimum absolute atomic E-state index is 0.112. The van der Waals surface area contributed by atoms with Crippen molar-refractivity contribution < 1.29 is 13.2 Å². The van der Waals surface area contributed by atoms with Crippen molar-refractivity contribution in [2.75, 3.05) is 5.75 Å². The Labute approximate surface area is 60.7 Å². The second-order valence-electron chi connectivity index (χ2n) is 1.71. The highest BCUT2D eigenvalue weighted by Gasteiger charge is 2.12. The van der Waals surface area contributed by atoms with E-state index in [0.29, 0.717) is 0 Å². The molecule has 0 fully saturated rings. The van der Waals surface area contributed by atoms with Crippen LogP contribution in [0.25, 0.3) is 0 Å². The molecule has 0 bridgehead atoms. The number of rotatable bonds is 3. The quantitative estimate of drug-likeness (QED) is 0.584. The molecule has 0 aromatic carbocycles. The lowest BCUT2D eigenvalue weighted by Gasteiger charge is -1.96. The minimum Gasteiger partial charge on any atom is -0.272 e. The third-order valence-corrected chi connectivity index (χ3v) is 2.12. The van der Waals surface area contributed by atoms with E-state index < -0.39 is 15.9 Å². The normalized spacial score (nSPS) is 11.0. The summed E-state index contributed by atoms with van der Waals surface area (Å²) >= 11 is 0. The highest BCUT2D eigenvalue weighted by Crippen LogP contribution is 1.87. The Hall–Kier alpha value is -0.580. The summed E-state index contributed by atoms with van der Waals surface area (Å²) in [6.07, 6.45) is 0.138. The minimum atomic E-state index is -3.46. The molecule has 0 aliphatic carbocycles. The highest BCUT2D eigenvalue weighted by molar-refractivity contribution is 7.89. The van der Waals surface area contributed by atoms with Crippen LogP contribution in [0.5, 0.6) is 0 Å². The van der Waals surface area contributed by atoms with Crippen LogP contribution in [-0.4, -0.2) is 20.1 Å².